The maximum atomic E-state index is 12.4. The second-order valence-electron chi connectivity index (χ2n) is 8.05. The van der Waals surface area contributed by atoms with E-state index in [-0.39, 0.29) is 17.9 Å². The van der Waals surface area contributed by atoms with Gasteiger partial charge in [-0.15, -0.1) is 11.3 Å². The van der Waals surface area contributed by atoms with Crippen LogP contribution in [0.5, 0.6) is 0 Å². The lowest BCUT2D eigenvalue weighted by Crippen LogP contribution is -2.41. The van der Waals surface area contributed by atoms with E-state index in [2.05, 4.69) is 10.6 Å². The molecule has 7 nitrogen and oxygen atoms in total. The molecule has 0 bridgehead atoms. The van der Waals surface area contributed by atoms with E-state index in [4.69, 9.17) is 9.47 Å². The van der Waals surface area contributed by atoms with Crippen molar-refractivity contribution in [2.24, 2.45) is 5.92 Å². The van der Waals surface area contributed by atoms with Gasteiger partial charge in [0.1, 0.15) is 10.6 Å². The van der Waals surface area contributed by atoms with E-state index in [0.717, 1.165) is 36.1 Å². The fourth-order valence-electron chi connectivity index (χ4n) is 3.15. The lowest BCUT2D eigenvalue weighted by molar-refractivity contribution is -0.117. The Labute approximate surface area is 162 Å². The predicted octanol–water partition coefficient (Wildman–Crippen LogP) is 3.27. The van der Waals surface area contributed by atoms with Crippen LogP contribution in [0.25, 0.3) is 0 Å². The number of alkyl carbamates (subject to hydrolysis) is 1. The Balaban J connectivity index is 1.77. The molecule has 1 fully saturated rings. The summed E-state index contributed by atoms with van der Waals surface area (Å²) in [6, 6.07) is -0.127. The molecular formula is C19H26N2O5S. The van der Waals surface area contributed by atoms with Crippen molar-refractivity contribution in [1.82, 2.24) is 5.32 Å². The fraction of sp³-hybridized carbons (Fsp3) is 0.632. The Morgan fingerprint density at radius 2 is 1.85 bits per heavy atom. The second kappa shape index (κ2) is 7.50. The summed E-state index contributed by atoms with van der Waals surface area (Å²) in [7, 11) is 1.33. The summed E-state index contributed by atoms with van der Waals surface area (Å²) >= 11 is 1.43. The van der Waals surface area contributed by atoms with Crippen molar-refractivity contribution in [2.45, 2.75) is 64.5 Å². The molecule has 0 aromatic carbocycles. The van der Waals surface area contributed by atoms with Crippen LogP contribution < -0.4 is 10.6 Å². The zero-order valence-electron chi connectivity index (χ0n) is 16.1. The summed E-state index contributed by atoms with van der Waals surface area (Å²) in [4.78, 5) is 37.7. The monoisotopic (exact) mass is 394 g/mol. The molecule has 1 aromatic heterocycles. The first-order valence-corrected chi connectivity index (χ1v) is 10.0. The summed E-state index contributed by atoms with van der Waals surface area (Å²) in [5.74, 6) is -0.449. The number of methoxy groups -OCH3 is 1. The molecule has 1 aromatic rings. The van der Waals surface area contributed by atoms with Crippen LogP contribution in [0.3, 0.4) is 0 Å². The Kier molecular flexibility index (Phi) is 5.46. The molecule has 0 aliphatic heterocycles. The minimum Gasteiger partial charge on any atom is -0.465 e. The first-order valence-electron chi connectivity index (χ1n) is 9.21. The van der Waals surface area contributed by atoms with Gasteiger partial charge in [-0.3, -0.25) is 4.79 Å². The van der Waals surface area contributed by atoms with E-state index in [9.17, 15) is 14.4 Å². The number of carbonyl (C=O) groups excluding carboxylic acids is 3. The molecule has 2 aliphatic rings. The minimum atomic E-state index is -0.566. The van der Waals surface area contributed by atoms with Gasteiger partial charge in [-0.2, -0.15) is 0 Å². The molecule has 1 atom stereocenters. The predicted molar refractivity (Wildman–Crippen MR) is 102 cm³/mol. The van der Waals surface area contributed by atoms with Crippen LogP contribution in [0.1, 0.15) is 60.8 Å². The number of thiophene rings is 1. The maximum Gasteiger partial charge on any atom is 0.407 e. The maximum absolute atomic E-state index is 12.4. The number of hydrogen-bond donors (Lipinski definition) is 2. The Hall–Kier alpha value is -2.09. The third-order valence-electron chi connectivity index (χ3n) is 4.56. The minimum absolute atomic E-state index is 0.0396. The zero-order valence-corrected chi connectivity index (χ0v) is 17.0. The van der Waals surface area contributed by atoms with Crippen molar-refractivity contribution in [3.63, 3.8) is 0 Å². The lowest BCUT2D eigenvalue weighted by atomic mass is 9.91. The standard InChI is InChI=1S/C19H26N2O5S/c1-19(2,3)26-18(24)20-11-7-8-13-12(9-11)14(17(23)25-4)16(27-13)21-15(22)10-5-6-10/h10-11H,5-9H2,1-4H3,(H,20,24)(H,21,22)/t11-/m0/s1. The molecule has 2 aliphatic carbocycles. The summed E-state index contributed by atoms with van der Waals surface area (Å²) < 4.78 is 10.3. The van der Waals surface area contributed by atoms with E-state index >= 15 is 0 Å². The van der Waals surface area contributed by atoms with E-state index in [1.54, 1.807) is 0 Å². The molecule has 0 unspecified atom stereocenters. The molecule has 148 valence electrons. The normalized spacial score (nSPS) is 19.0. The number of ether oxygens (including phenoxy) is 2. The van der Waals surface area contributed by atoms with Crippen molar-refractivity contribution in [3.05, 3.63) is 16.0 Å². The molecular weight excluding hydrogens is 368 g/mol. The molecule has 0 saturated heterocycles. The van der Waals surface area contributed by atoms with Crippen LogP contribution in [0.4, 0.5) is 9.80 Å². The third kappa shape index (κ3) is 4.80. The highest BCUT2D eigenvalue weighted by molar-refractivity contribution is 7.17. The average molecular weight is 394 g/mol. The number of fused-ring (bicyclic) bond motifs is 1. The molecule has 0 radical (unpaired) electrons. The highest BCUT2D eigenvalue weighted by Crippen LogP contribution is 2.40. The molecule has 1 saturated carbocycles. The van der Waals surface area contributed by atoms with Gasteiger partial charge in [0.25, 0.3) is 0 Å². The number of anilines is 1. The van der Waals surface area contributed by atoms with Crippen molar-refractivity contribution < 1.29 is 23.9 Å². The summed E-state index contributed by atoms with van der Waals surface area (Å²) in [5, 5.41) is 6.34. The van der Waals surface area contributed by atoms with Crippen LogP contribution in [0.2, 0.25) is 0 Å². The number of aryl methyl sites for hydroxylation is 1. The number of nitrogens with one attached hydrogen (secondary N) is 2. The summed E-state index contributed by atoms with van der Waals surface area (Å²) in [6.45, 7) is 5.44. The Morgan fingerprint density at radius 3 is 2.44 bits per heavy atom. The average Bonchev–Trinajstić information content (AvgIpc) is 3.35. The van der Waals surface area contributed by atoms with Crippen LogP contribution >= 0.6 is 11.3 Å². The highest BCUT2D eigenvalue weighted by Gasteiger charge is 2.34. The molecule has 2 N–H and O–H groups in total. The molecule has 1 heterocycles. The van der Waals surface area contributed by atoms with Crippen LogP contribution in [0.15, 0.2) is 0 Å². The zero-order chi connectivity index (χ0) is 19.8. The number of hydrogen-bond acceptors (Lipinski definition) is 6. The smallest absolute Gasteiger partial charge is 0.407 e. The fourth-order valence-corrected chi connectivity index (χ4v) is 4.38. The highest BCUT2D eigenvalue weighted by atomic mass is 32.1. The Morgan fingerprint density at radius 1 is 1.15 bits per heavy atom. The summed E-state index contributed by atoms with van der Waals surface area (Å²) in [5.41, 5.74) is 0.705. The topological polar surface area (TPSA) is 93.7 Å². The van der Waals surface area contributed by atoms with E-state index in [1.165, 1.54) is 18.4 Å². The number of esters is 1. The van der Waals surface area contributed by atoms with Crippen LogP contribution in [-0.2, 0) is 27.1 Å². The third-order valence-corrected chi connectivity index (χ3v) is 5.76. The van der Waals surface area contributed by atoms with Crippen molar-refractivity contribution >= 4 is 34.3 Å². The number of rotatable bonds is 4. The SMILES string of the molecule is COC(=O)c1c(NC(=O)C2CC2)sc2c1C[C@@H](NC(=O)OC(C)(C)C)CC2. The second-order valence-corrected chi connectivity index (χ2v) is 9.15. The lowest BCUT2D eigenvalue weighted by Gasteiger charge is -2.26. The molecule has 8 heteroatoms. The van der Waals surface area contributed by atoms with Crippen molar-refractivity contribution in [1.29, 1.82) is 0 Å². The largest absolute Gasteiger partial charge is 0.465 e. The summed E-state index contributed by atoms with van der Waals surface area (Å²) in [6.07, 6.45) is 3.31. The first kappa shape index (κ1) is 19.7. The van der Waals surface area contributed by atoms with Crippen molar-refractivity contribution in [3.8, 4) is 0 Å². The van der Waals surface area contributed by atoms with Gasteiger partial charge in [-0.05, 0) is 58.4 Å². The van der Waals surface area contributed by atoms with Gasteiger partial charge in [-0.25, -0.2) is 9.59 Å². The van der Waals surface area contributed by atoms with Gasteiger partial charge in [0.15, 0.2) is 0 Å². The van der Waals surface area contributed by atoms with Gasteiger partial charge >= 0.3 is 12.1 Å². The van der Waals surface area contributed by atoms with Gasteiger partial charge < -0.3 is 20.1 Å². The van der Waals surface area contributed by atoms with Crippen LogP contribution in [0, 0.1) is 5.92 Å². The van der Waals surface area contributed by atoms with Gasteiger partial charge in [-0.1, -0.05) is 0 Å². The molecule has 2 amide bonds. The number of carbonyl (C=O) groups is 3. The van der Waals surface area contributed by atoms with Gasteiger partial charge in [0.2, 0.25) is 5.91 Å². The molecule has 0 spiro atoms. The van der Waals surface area contributed by atoms with E-state index in [0.29, 0.717) is 17.0 Å². The Bertz CT molecular complexity index is 761. The van der Waals surface area contributed by atoms with Crippen molar-refractivity contribution in [2.75, 3.05) is 12.4 Å². The molecule has 3 rings (SSSR count). The first-order chi connectivity index (χ1) is 12.7. The molecule has 27 heavy (non-hydrogen) atoms. The number of amides is 2. The van der Waals surface area contributed by atoms with E-state index < -0.39 is 17.7 Å². The van der Waals surface area contributed by atoms with Gasteiger partial charge in [0.05, 0.1) is 12.7 Å². The van der Waals surface area contributed by atoms with Crippen LogP contribution in [-0.4, -0.2) is 36.7 Å². The van der Waals surface area contributed by atoms with Gasteiger partial charge in [0, 0.05) is 16.8 Å². The quantitative estimate of drug-likeness (QED) is 0.765. The van der Waals surface area contributed by atoms with E-state index in [1.807, 2.05) is 20.8 Å².